The summed E-state index contributed by atoms with van der Waals surface area (Å²) in [5.74, 6) is 0.354. The van der Waals surface area contributed by atoms with Crippen LogP contribution in [0.25, 0.3) is 0 Å². The molecule has 1 aromatic rings. The van der Waals surface area contributed by atoms with Crippen molar-refractivity contribution >= 4 is 15.9 Å². The molecular weight excluding hydrogens is 324 g/mol. The molecule has 1 atom stereocenters. The molecule has 0 aromatic heterocycles. The molecule has 0 saturated carbocycles. The lowest BCUT2D eigenvalue weighted by Gasteiger charge is -2.18. The molecule has 1 aromatic carbocycles. The Kier molecular flexibility index (Phi) is 6.98. The van der Waals surface area contributed by atoms with Crippen molar-refractivity contribution in [3.05, 3.63) is 28.8 Å². The first-order valence-electron chi connectivity index (χ1n) is 8.31. The van der Waals surface area contributed by atoms with E-state index in [-0.39, 0.29) is 16.8 Å². The summed E-state index contributed by atoms with van der Waals surface area (Å²) in [7, 11) is -0.601. The maximum absolute atomic E-state index is 12.5. The van der Waals surface area contributed by atoms with Crippen LogP contribution in [0.2, 0.25) is 0 Å². The van der Waals surface area contributed by atoms with Gasteiger partial charge < -0.3 is 5.32 Å². The third-order valence-corrected chi connectivity index (χ3v) is 6.14. The highest BCUT2D eigenvalue weighted by Gasteiger charge is 2.23. The quantitative estimate of drug-likeness (QED) is 0.818. The number of hydrogen-bond donors (Lipinski definition) is 1. The summed E-state index contributed by atoms with van der Waals surface area (Å²) in [5, 5.41) is 2.96. The highest BCUT2D eigenvalue weighted by molar-refractivity contribution is 7.89. The van der Waals surface area contributed by atoms with E-state index in [1.807, 2.05) is 13.8 Å². The van der Waals surface area contributed by atoms with Gasteiger partial charge in [-0.2, -0.15) is 0 Å². The molecule has 0 aliphatic rings. The minimum Gasteiger partial charge on any atom is -0.350 e. The Labute approximate surface area is 146 Å². The molecule has 0 spiro atoms. The fraction of sp³-hybridized carbons (Fsp3) is 0.611. The summed E-state index contributed by atoms with van der Waals surface area (Å²) in [4.78, 5) is 12.7. The smallest absolute Gasteiger partial charge is 0.251 e. The first kappa shape index (κ1) is 20.6. The van der Waals surface area contributed by atoms with Gasteiger partial charge in [0.1, 0.15) is 0 Å². The van der Waals surface area contributed by atoms with Crippen LogP contribution in [0.15, 0.2) is 17.0 Å². The first-order valence-corrected chi connectivity index (χ1v) is 9.75. The van der Waals surface area contributed by atoms with E-state index >= 15 is 0 Å². The zero-order chi connectivity index (χ0) is 18.7. The van der Waals surface area contributed by atoms with Gasteiger partial charge in [0.25, 0.3) is 5.91 Å². The lowest BCUT2D eigenvalue weighted by molar-refractivity contribution is 0.0937. The summed E-state index contributed by atoms with van der Waals surface area (Å²) in [6.45, 7) is 9.85. The van der Waals surface area contributed by atoms with Gasteiger partial charge in [-0.25, -0.2) is 12.7 Å². The monoisotopic (exact) mass is 354 g/mol. The molecular formula is C18H30N2O3S. The van der Waals surface area contributed by atoms with Crippen molar-refractivity contribution in [3.63, 3.8) is 0 Å². The van der Waals surface area contributed by atoms with Gasteiger partial charge in [-0.3, -0.25) is 4.79 Å². The minimum atomic E-state index is -3.58. The Morgan fingerprint density at radius 3 is 2.21 bits per heavy atom. The van der Waals surface area contributed by atoms with Crippen molar-refractivity contribution in [2.24, 2.45) is 5.92 Å². The number of nitrogens with one attached hydrogen (secondary N) is 1. The average Bonchev–Trinajstić information content (AvgIpc) is 2.47. The van der Waals surface area contributed by atoms with Gasteiger partial charge in [0.15, 0.2) is 0 Å². The second kappa shape index (κ2) is 8.12. The summed E-state index contributed by atoms with van der Waals surface area (Å²) in [6, 6.07) is 3.27. The number of rotatable bonds is 7. The van der Waals surface area contributed by atoms with E-state index in [1.165, 1.54) is 24.5 Å². The Morgan fingerprint density at radius 2 is 1.71 bits per heavy atom. The SMILES string of the molecule is Cc1cc(C(=O)NC(C)CCC(C)C)cc(S(=O)(=O)N(C)C)c1C. The Hall–Kier alpha value is -1.40. The number of hydrogen-bond acceptors (Lipinski definition) is 3. The highest BCUT2D eigenvalue weighted by Crippen LogP contribution is 2.23. The van der Waals surface area contributed by atoms with Gasteiger partial charge in [0.05, 0.1) is 4.90 Å². The number of amides is 1. The second-order valence-corrected chi connectivity index (χ2v) is 9.17. The van der Waals surface area contributed by atoms with Crippen LogP contribution in [-0.2, 0) is 10.0 Å². The molecule has 0 radical (unpaired) electrons. The van der Waals surface area contributed by atoms with Crippen molar-refractivity contribution in [2.75, 3.05) is 14.1 Å². The van der Waals surface area contributed by atoms with Crippen molar-refractivity contribution < 1.29 is 13.2 Å². The van der Waals surface area contributed by atoms with Gasteiger partial charge in [0, 0.05) is 25.7 Å². The number of nitrogens with zero attached hydrogens (tertiary/aromatic N) is 1. The van der Waals surface area contributed by atoms with Crippen molar-refractivity contribution in [3.8, 4) is 0 Å². The zero-order valence-electron chi connectivity index (χ0n) is 15.8. The molecule has 0 heterocycles. The lowest BCUT2D eigenvalue weighted by Crippen LogP contribution is -2.33. The molecule has 0 fully saturated rings. The predicted octanol–water partition coefficient (Wildman–Crippen LogP) is 3.11. The van der Waals surface area contributed by atoms with Crippen LogP contribution in [0.1, 0.15) is 55.1 Å². The van der Waals surface area contributed by atoms with Crippen LogP contribution >= 0.6 is 0 Å². The zero-order valence-corrected chi connectivity index (χ0v) is 16.6. The van der Waals surface area contributed by atoms with E-state index in [0.29, 0.717) is 17.0 Å². The molecule has 0 aliphatic heterocycles. The van der Waals surface area contributed by atoms with Gasteiger partial charge in [-0.05, 0) is 62.8 Å². The molecule has 5 nitrogen and oxygen atoms in total. The molecule has 0 bridgehead atoms. The minimum absolute atomic E-state index is 0.0513. The summed E-state index contributed by atoms with van der Waals surface area (Å²) in [5.41, 5.74) is 1.85. The fourth-order valence-corrected chi connectivity index (χ4v) is 3.60. The standard InChI is InChI=1S/C18H30N2O3S/c1-12(2)8-9-14(4)19-18(21)16-10-13(3)15(5)17(11-16)24(22,23)20(6)7/h10-12,14H,8-9H2,1-7H3,(H,19,21). The van der Waals surface area contributed by atoms with Crippen LogP contribution in [0.5, 0.6) is 0 Å². The normalized spacial score (nSPS) is 13.4. The fourth-order valence-electron chi connectivity index (χ4n) is 2.39. The number of sulfonamides is 1. The first-order chi connectivity index (χ1) is 11.0. The predicted molar refractivity (Wildman–Crippen MR) is 97.8 cm³/mol. The van der Waals surface area contributed by atoms with E-state index in [0.717, 1.165) is 18.4 Å². The molecule has 1 rings (SSSR count). The topological polar surface area (TPSA) is 66.5 Å². The van der Waals surface area contributed by atoms with Gasteiger partial charge in [-0.15, -0.1) is 0 Å². The molecule has 1 amide bonds. The van der Waals surface area contributed by atoms with E-state index < -0.39 is 10.0 Å². The van der Waals surface area contributed by atoms with Crippen LogP contribution in [0.4, 0.5) is 0 Å². The third-order valence-electron chi connectivity index (χ3n) is 4.20. The molecule has 0 aliphatic carbocycles. The van der Waals surface area contributed by atoms with Crippen molar-refractivity contribution in [1.82, 2.24) is 9.62 Å². The number of aryl methyl sites for hydroxylation is 1. The maximum atomic E-state index is 12.5. The lowest BCUT2D eigenvalue weighted by atomic mass is 10.0. The Bertz CT molecular complexity index is 694. The molecule has 6 heteroatoms. The average molecular weight is 355 g/mol. The summed E-state index contributed by atoms with van der Waals surface area (Å²) < 4.78 is 26.1. The van der Waals surface area contributed by atoms with E-state index in [2.05, 4.69) is 19.2 Å². The summed E-state index contributed by atoms with van der Waals surface area (Å²) in [6.07, 6.45) is 1.94. The van der Waals surface area contributed by atoms with Crippen LogP contribution in [0, 0.1) is 19.8 Å². The largest absolute Gasteiger partial charge is 0.350 e. The van der Waals surface area contributed by atoms with Gasteiger partial charge in [0.2, 0.25) is 10.0 Å². The van der Waals surface area contributed by atoms with Crippen LogP contribution in [-0.4, -0.2) is 38.8 Å². The van der Waals surface area contributed by atoms with E-state index in [4.69, 9.17) is 0 Å². The number of benzene rings is 1. The number of carbonyl (C=O) groups excluding carboxylic acids is 1. The van der Waals surface area contributed by atoms with Gasteiger partial charge in [-0.1, -0.05) is 13.8 Å². The maximum Gasteiger partial charge on any atom is 0.251 e. The Morgan fingerprint density at radius 1 is 1.12 bits per heavy atom. The van der Waals surface area contributed by atoms with Crippen molar-refractivity contribution in [1.29, 1.82) is 0 Å². The van der Waals surface area contributed by atoms with Crippen molar-refractivity contribution in [2.45, 2.75) is 58.4 Å². The number of carbonyl (C=O) groups is 1. The van der Waals surface area contributed by atoms with Gasteiger partial charge >= 0.3 is 0 Å². The Balaban J connectivity index is 3.09. The van der Waals surface area contributed by atoms with E-state index in [1.54, 1.807) is 13.0 Å². The molecule has 0 saturated heterocycles. The highest BCUT2D eigenvalue weighted by atomic mass is 32.2. The molecule has 1 N–H and O–H groups in total. The molecule has 24 heavy (non-hydrogen) atoms. The summed E-state index contributed by atoms with van der Waals surface area (Å²) >= 11 is 0. The van der Waals surface area contributed by atoms with Crippen LogP contribution in [0.3, 0.4) is 0 Å². The van der Waals surface area contributed by atoms with Crippen LogP contribution < -0.4 is 5.32 Å². The second-order valence-electron chi connectivity index (χ2n) is 7.05. The van der Waals surface area contributed by atoms with E-state index in [9.17, 15) is 13.2 Å². The molecule has 1 unspecified atom stereocenters. The third kappa shape index (κ3) is 5.05. The molecule has 136 valence electrons.